The molecular formula is C6H8N2O. The summed E-state index contributed by atoms with van der Waals surface area (Å²) in [6.07, 6.45) is 1.51. The van der Waals surface area contributed by atoms with Crippen LogP contribution in [0.2, 0.25) is 0 Å². The van der Waals surface area contributed by atoms with Gasteiger partial charge in [0, 0.05) is 6.54 Å². The molecular weight excluding hydrogens is 116 g/mol. The molecule has 0 N–H and O–H groups in total. The van der Waals surface area contributed by atoms with Gasteiger partial charge >= 0.3 is 0 Å². The van der Waals surface area contributed by atoms with Crippen LogP contribution in [0.4, 0.5) is 0 Å². The summed E-state index contributed by atoms with van der Waals surface area (Å²) in [6.45, 7) is 1.85. The van der Waals surface area contributed by atoms with Gasteiger partial charge in [0.15, 0.2) is 6.39 Å². The van der Waals surface area contributed by atoms with Crippen LogP contribution in [0.25, 0.3) is 0 Å². The molecule has 3 nitrogen and oxygen atoms in total. The monoisotopic (exact) mass is 124 g/mol. The molecule has 0 aromatic carbocycles. The predicted molar refractivity (Wildman–Crippen MR) is 31.7 cm³/mol. The Bertz CT molecular complexity index is 198. The quantitative estimate of drug-likeness (QED) is 0.507. The van der Waals surface area contributed by atoms with E-state index < -0.39 is 0 Å². The maximum Gasteiger partial charge on any atom is 0.181 e. The number of nitrogens with zero attached hydrogens (tertiary/aromatic N) is 2. The van der Waals surface area contributed by atoms with Gasteiger partial charge in [-0.15, -0.1) is 0 Å². The van der Waals surface area contributed by atoms with Crippen molar-refractivity contribution in [2.24, 2.45) is 0 Å². The van der Waals surface area contributed by atoms with Crippen molar-refractivity contribution in [3.8, 4) is 0 Å². The van der Waals surface area contributed by atoms with Crippen LogP contribution in [0.3, 0.4) is 0 Å². The highest BCUT2D eigenvalue weighted by Crippen LogP contribution is 2.18. The van der Waals surface area contributed by atoms with Crippen molar-refractivity contribution in [3.63, 3.8) is 0 Å². The summed E-state index contributed by atoms with van der Waals surface area (Å²) in [7, 11) is 2.05. The number of aromatic nitrogens is 1. The largest absolute Gasteiger partial charge is 0.447 e. The molecule has 1 aliphatic heterocycles. The van der Waals surface area contributed by atoms with E-state index in [1.54, 1.807) is 0 Å². The molecule has 2 rings (SSSR count). The number of hydrogen-bond donors (Lipinski definition) is 0. The van der Waals surface area contributed by atoms with Crippen molar-refractivity contribution in [3.05, 3.63) is 17.8 Å². The average molecular weight is 124 g/mol. The number of oxazole rings is 1. The molecule has 0 saturated heterocycles. The van der Waals surface area contributed by atoms with Crippen molar-refractivity contribution in [1.29, 1.82) is 0 Å². The minimum absolute atomic E-state index is 0.912. The average Bonchev–Trinajstić information content (AvgIpc) is 2.22. The second kappa shape index (κ2) is 1.57. The molecule has 1 aromatic rings. The molecule has 3 heteroatoms. The lowest BCUT2D eigenvalue weighted by Crippen LogP contribution is -2.08. The third kappa shape index (κ3) is 0.650. The topological polar surface area (TPSA) is 29.3 Å². The normalized spacial score (nSPS) is 18.3. The van der Waals surface area contributed by atoms with Crippen molar-refractivity contribution in [1.82, 2.24) is 9.88 Å². The summed E-state index contributed by atoms with van der Waals surface area (Å²) in [5.74, 6) is 1.03. The van der Waals surface area contributed by atoms with E-state index in [0.29, 0.717) is 0 Å². The molecule has 0 amide bonds. The van der Waals surface area contributed by atoms with Gasteiger partial charge in [-0.05, 0) is 7.05 Å². The van der Waals surface area contributed by atoms with Crippen molar-refractivity contribution in [2.45, 2.75) is 13.1 Å². The zero-order valence-electron chi connectivity index (χ0n) is 5.29. The summed E-state index contributed by atoms with van der Waals surface area (Å²) < 4.78 is 5.09. The highest BCUT2D eigenvalue weighted by molar-refractivity contribution is 5.11. The number of fused-ring (bicyclic) bond motifs is 1. The van der Waals surface area contributed by atoms with Crippen LogP contribution >= 0.6 is 0 Å². The first-order chi connectivity index (χ1) is 4.36. The SMILES string of the molecule is CN1Cc2ncoc2C1. The Kier molecular flexibility index (Phi) is 0.873. The lowest BCUT2D eigenvalue weighted by atomic mass is 10.4. The highest BCUT2D eigenvalue weighted by Gasteiger charge is 2.18. The second-order valence-corrected chi connectivity index (χ2v) is 2.39. The van der Waals surface area contributed by atoms with Crippen LogP contribution in [-0.4, -0.2) is 16.9 Å². The van der Waals surface area contributed by atoms with Crippen LogP contribution < -0.4 is 0 Å². The molecule has 0 radical (unpaired) electrons. The van der Waals surface area contributed by atoms with E-state index in [1.807, 2.05) is 0 Å². The lowest BCUT2D eigenvalue weighted by molar-refractivity contribution is 0.323. The van der Waals surface area contributed by atoms with Gasteiger partial charge in [0.2, 0.25) is 0 Å². The van der Waals surface area contributed by atoms with Crippen LogP contribution in [0.15, 0.2) is 10.8 Å². The zero-order valence-corrected chi connectivity index (χ0v) is 5.29. The summed E-state index contributed by atoms with van der Waals surface area (Å²) >= 11 is 0. The van der Waals surface area contributed by atoms with Crippen molar-refractivity contribution < 1.29 is 4.42 Å². The molecule has 2 heterocycles. The van der Waals surface area contributed by atoms with E-state index in [0.717, 1.165) is 24.5 Å². The fraction of sp³-hybridized carbons (Fsp3) is 0.500. The van der Waals surface area contributed by atoms with Crippen molar-refractivity contribution >= 4 is 0 Å². The van der Waals surface area contributed by atoms with E-state index in [4.69, 9.17) is 4.42 Å². The Morgan fingerprint density at radius 1 is 1.67 bits per heavy atom. The Labute approximate surface area is 53.3 Å². The third-order valence-electron chi connectivity index (χ3n) is 1.56. The first-order valence-electron chi connectivity index (χ1n) is 2.96. The molecule has 1 aromatic heterocycles. The van der Waals surface area contributed by atoms with Gasteiger partial charge < -0.3 is 4.42 Å². The molecule has 9 heavy (non-hydrogen) atoms. The highest BCUT2D eigenvalue weighted by atomic mass is 16.3. The van der Waals surface area contributed by atoms with Crippen LogP contribution in [0, 0.1) is 0 Å². The standard InChI is InChI=1S/C6H8N2O/c1-8-2-5-6(3-8)9-4-7-5/h4H,2-3H2,1H3. The summed E-state index contributed by atoms with van der Waals surface area (Å²) in [5, 5.41) is 0. The molecule has 0 saturated carbocycles. The molecule has 0 aliphatic carbocycles. The van der Waals surface area contributed by atoms with Gasteiger partial charge in [-0.2, -0.15) is 0 Å². The Morgan fingerprint density at radius 3 is 3.33 bits per heavy atom. The maximum absolute atomic E-state index is 5.09. The molecule has 48 valence electrons. The lowest BCUT2D eigenvalue weighted by Gasteiger charge is -2.01. The zero-order chi connectivity index (χ0) is 6.27. The van der Waals surface area contributed by atoms with E-state index in [1.165, 1.54) is 6.39 Å². The van der Waals surface area contributed by atoms with Crippen LogP contribution in [-0.2, 0) is 13.1 Å². The fourth-order valence-electron chi connectivity index (χ4n) is 1.11. The summed E-state index contributed by atoms with van der Waals surface area (Å²) in [6, 6.07) is 0. The van der Waals surface area contributed by atoms with E-state index in [9.17, 15) is 0 Å². The first kappa shape index (κ1) is 4.99. The summed E-state index contributed by atoms with van der Waals surface area (Å²) in [4.78, 5) is 6.21. The fourth-order valence-corrected chi connectivity index (χ4v) is 1.11. The minimum atomic E-state index is 0.912. The smallest absolute Gasteiger partial charge is 0.181 e. The Hall–Kier alpha value is -0.830. The number of rotatable bonds is 0. The molecule has 0 bridgehead atoms. The molecule has 0 atom stereocenters. The third-order valence-corrected chi connectivity index (χ3v) is 1.56. The molecule has 0 spiro atoms. The molecule has 1 aliphatic rings. The Morgan fingerprint density at radius 2 is 2.56 bits per heavy atom. The van der Waals surface area contributed by atoms with E-state index in [2.05, 4.69) is 16.9 Å². The van der Waals surface area contributed by atoms with E-state index in [-0.39, 0.29) is 0 Å². The Balaban J connectivity index is 2.39. The molecule has 0 unspecified atom stereocenters. The second-order valence-electron chi connectivity index (χ2n) is 2.39. The predicted octanol–water partition coefficient (Wildman–Crippen LogP) is 0.620. The van der Waals surface area contributed by atoms with Gasteiger partial charge in [0.25, 0.3) is 0 Å². The van der Waals surface area contributed by atoms with Crippen LogP contribution in [0.5, 0.6) is 0 Å². The van der Waals surface area contributed by atoms with Crippen LogP contribution in [0.1, 0.15) is 11.5 Å². The van der Waals surface area contributed by atoms with Gasteiger partial charge in [0.1, 0.15) is 5.76 Å². The van der Waals surface area contributed by atoms with Gasteiger partial charge in [-0.1, -0.05) is 0 Å². The van der Waals surface area contributed by atoms with Crippen molar-refractivity contribution in [2.75, 3.05) is 7.05 Å². The van der Waals surface area contributed by atoms with Gasteiger partial charge in [-0.25, -0.2) is 4.98 Å². The first-order valence-corrected chi connectivity index (χ1v) is 2.96. The minimum Gasteiger partial charge on any atom is -0.447 e. The number of hydrogen-bond acceptors (Lipinski definition) is 3. The molecule has 0 fully saturated rings. The maximum atomic E-state index is 5.09. The van der Waals surface area contributed by atoms with Gasteiger partial charge in [0.05, 0.1) is 12.2 Å². The van der Waals surface area contributed by atoms with E-state index >= 15 is 0 Å². The van der Waals surface area contributed by atoms with Gasteiger partial charge in [-0.3, -0.25) is 4.90 Å². The summed E-state index contributed by atoms with van der Waals surface area (Å²) in [5.41, 5.74) is 1.09.